The zero-order valence-electron chi connectivity index (χ0n) is 20.3. The van der Waals surface area contributed by atoms with Crippen LogP contribution in [0.4, 0.5) is 5.69 Å². The van der Waals surface area contributed by atoms with Crippen molar-refractivity contribution < 1.29 is 27.5 Å². The molecule has 2 rings (SSSR count). The minimum absolute atomic E-state index is 0.204. The molecule has 1 N–H and O–H groups in total. The molecule has 0 radical (unpaired) electrons. The maximum absolute atomic E-state index is 13.5. The average Bonchev–Trinajstić information content (AvgIpc) is 2.84. The van der Waals surface area contributed by atoms with Crippen molar-refractivity contribution in [1.82, 2.24) is 10.2 Å². The molecule has 0 aliphatic carbocycles. The highest BCUT2D eigenvalue weighted by atomic mass is 32.2. The van der Waals surface area contributed by atoms with E-state index in [0.717, 1.165) is 16.1 Å². The standard InChI is InChI=1S/C24H33N3O6S/c1-6-20(24(29)25-2)26(15-14-18-10-8-7-9-11-18)23(28)17-27(34(5,30)31)21-13-12-19(32-3)16-22(21)33-4/h7-13,16,20H,6,14-15,17H2,1-5H3,(H,25,29). The quantitative estimate of drug-likeness (QED) is 0.487. The van der Waals surface area contributed by atoms with E-state index in [2.05, 4.69) is 5.32 Å². The van der Waals surface area contributed by atoms with Gasteiger partial charge in [-0.15, -0.1) is 0 Å². The second-order valence-corrected chi connectivity index (χ2v) is 9.58. The normalized spacial score (nSPS) is 11.9. The monoisotopic (exact) mass is 491 g/mol. The SMILES string of the molecule is CCC(C(=O)NC)N(CCc1ccccc1)C(=O)CN(c1ccc(OC)cc1OC)S(C)(=O)=O. The first kappa shape index (κ1) is 27.0. The fourth-order valence-corrected chi connectivity index (χ4v) is 4.50. The van der Waals surface area contributed by atoms with E-state index >= 15 is 0 Å². The van der Waals surface area contributed by atoms with Crippen LogP contribution in [0.5, 0.6) is 11.5 Å². The van der Waals surface area contributed by atoms with E-state index < -0.39 is 28.5 Å². The lowest BCUT2D eigenvalue weighted by atomic mass is 10.1. The minimum atomic E-state index is -3.86. The summed E-state index contributed by atoms with van der Waals surface area (Å²) in [6, 6.07) is 13.5. The lowest BCUT2D eigenvalue weighted by Crippen LogP contribution is -2.52. The summed E-state index contributed by atoms with van der Waals surface area (Å²) in [5.74, 6) is -0.0752. The number of rotatable bonds is 12. The maximum atomic E-state index is 13.5. The van der Waals surface area contributed by atoms with E-state index in [4.69, 9.17) is 9.47 Å². The summed E-state index contributed by atoms with van der Waals surface area (Å²) in [5.41, 5.74) is 1.21. The number of hydrogen-bond acceptors (Lipinski definition) is 6. The third-order valence-electron chi connectivity index (χ3n) is 5.45. The minimum Gasteiger partial charge on any atom is -0.497 e. The van der Waals surface area contributed by atoms with Crippen LogP contribution in [-0.4, -0.2) is 71.8 Å². The summed E-state index contributed by atoms with van der Waals surface area (Å²) in [4.78, 5) is 27.5. The van der Waals surface area contributed by atoms with Gasteiger partial charge < -0.3 is 19.7 Å². The van der Waals surface area contributed by atoms with Crippen molar-refractivity contribution in [1.29, 1.82) is 0 Å². The van der Waals surface area contributed by atoms with Crippen molar-refractivity contribution in [2.24, 2.45) is 0 Å². The van der Waals surface area contributed by atoms with Gasteiger partial charge in [0.25, 0.3) is 0 Å². The van der Waals surface area contributed by atoms with Gasteiger partial charge in [-0.05, 0) is 30.5 Å². The summed E-state index contributed by atoms with van der Waals surface area (Å²) in [5, 5.41) is 2.60. The fourth-order valence-electron chi connectivity index (χ4n) is 3.65. The molecule has 0 aliphatic rings. The molecule has 0 heterocycles. The fraction of sp³-hybridized carbons (Fsp3) is 0.417. The molecule has 1 atom stereocenters. The lowest BCUT2D eigenvalue weighted by Gasteiger charge is -2.32. The number of benzene rings is 2. The Morgan fingerprint density at radius 1 is 1.06 bits per heavy atom. The predicted octanol–water partition coefficient (Wildman–Crippen LogP) is 2.07. The van der Waals surface area contributed by atoms with Gasteiger partial charge in [0, 0.05) is 19.7 Å². The molecule has 34 heavy (non-hydrogen) atoms. The highest BCUT2D eigenvalue weighted by Crippen LogP contribution is 2.33. The topological polar surface area (TPSA) is 105 Å². The smallest absolute Gasteiger partial charge is 0.244 e. The molecule has 0 spiro atoms. The molecule has 2 aromatic carbocycles. The summed E-state index contributed by atoms with van der Waals surface area (Å²) in [6.07, 6.45) is 1.92. The second kappa shape index (κ2) is 12.3. The largest absolute Gasteiger partial charge is 0.497 e. The molecule has 2 amide bonds. The Balaban J connectivity index is 2.41. The molecular weight excluding hydrogens is 458 g/mol. The number of methoxy groups -OCH3 is 2. The van der Waals surface area contributed by atoms with E-state index in [1.54, 1.807) is 12.1 Å². The molecule has 0 saturated carbocycles. The number of likely N-dealkylation sites (N-methyl/N-ethyl adjacent to an activating group) is 1. The summed E-state index contributed by atoms with van der Waals surface area (Å²) in [7, 11) is 0.545. The highest BCUT2D eigenvalue weighted by molar-refractivity contribution is 7.92. The number of carbonyl (C=O) groups excluding carboxylic acids is 2. The number of amides is 2. The molecule has 0 aliphatic heterocycles. The van der Waals surface area contributed by atoms with Crippen LogP contribution in [0.15, 0.2) is 48.5 Å². The Morgan fingerprint density at radius 3 is 2.26 bits per heavy atom. The number of nitrogens with zero attached hydrogens (tertiary/aromatic N) is 2. The van der Waals surface area contributed by atoms with Crippen LogP contribution in [0.2, 0.25) is 0 Å². The third kappa shape index (κ3) is 6.86. The van der Waals surface area contributed by atoms with Gasteiger partial charge in [-0.1, -0.05) is 37.3 Å². The Morgan fingerprint density at radius 2 is 1.74 bits per heavy atom. The van der Waals surface area contributed by atoms with Gasteiger partial charge in [0.2, 0.25) is 21.8 Å². The first-order chi connectivity index (χ1) is 16.2. The predicted molar refractivity (Wildman–Crippen MR) is 132 cm³/mol. The van der Waals surface area contributed by atoms with Crippen molar-refractivity contribution in [3.8, 4) is 11.5 Å². The average molecular weight is 492 g/mol. The maximum Gasteiger partial charge on any atom is 0.244 e. The zero-order chi connectivity index (χ0) is 25.3. The molecule has 1 unspecified atom stereocenters. The molecule has 0 fully saturated rings. The molecule has 9 nitrogen and oxygen atoms in total. The molecule has 0 bridgehead atoms. The van der Waals surface area contributed by atoms with Gasteiger partial charge >= 0.3 is 0 Å². The number of hydrogen-bond donors (Lipinski definition) is 1. The Hall–Kier alpha value is -3.27. The van der Waals surface area contributed by atoms with Crippen LogP contribution < -0.4 is 19.1 Å². The van der Waals surface area contributed by atoms with E-state index in [1.807, 2.05) is 37.3 Å². The summed E-state index contributed by atoms with van der Waals surface area (Å²) in [6.45, 7) is 1.58. The van der Waals surface area contributed by atoms with Crippen LogP contribution in [0.3, 0.4) is 0 Å². The van der Waals surface area contributed by atoms with Crippen LogP contribution >= 0.6 is 0 Å². The second-order valence-electron chi connectivity index (χ2n) is 7.67. The van der Waals surface area contributed by atoms with Gasteiger partial charge in [-0.25, -0.2) is 8.42 Å². The van der Waals surface area contributed by atoms with Gasteiger partial charge in [0.15, 0.2) is 0 Å². The van der Waals surface area contributed by atoms with Gasteiger partial charge in [-0.3, -0.25) is 13.9 Å². The third-order valence-corrected chi connectivity index (χ3v) is 6.58. The first-order valence-corrected chi connectivity index (χ1v) is 12.8. The number of sulfonamides is 1. The van der Waals surface area contributed by atoms with Crippen molar-refractivity contribution in [2.75, 3.05) is 44.9 Å². The molecule has 0 aromatic heterocycles. The zero-order valence-corrected chi connectivity index (χ0v) is 21.1. The van der Waals surface area contributed by atoms with E-state index in [9.17, 15) is 18.0 Å². The highest BCUT2D eigenvalue weighted by Gasteiger charge is 2.32. The Bertz CT molecular complexity index is 1080. The Labute approximate surface area is 201 Å². The van der Waals surface area contributed by atoms with Crippen LogP contribution in [-0.2, 0) is 26.0 Å². The number of ether oxygens (including phenoxy) is 2. The molecule has 10 heteroatoms. The molecule has 186 valence electrons. The molecule has 2 aromatic rings. The lowest BCUT2D eigenvalue weighted by molar-refractivity contribution is -0.139. The van der Waals surface area contributed by atoms with Crippen molar-refractivity contribution >= 4 is 27.5 Å². The van der Waals surface area contributed by atoms with E-state index in [0.29, 0.717) is 18.6 Å². The van der Waals surface area contributed by atoms with Crippen LogP contribution in [0, 0.1) is 0 Å². The van der Waals surface area contributed by atoms with E-state index in [-0.39, 0.29) is 23.9 Å². The molecule has 0 saturated heterocycles. The van der Waals surface area contributed by atoms with Crippen LogP contribution in [0.25, 0.3) is 0 Å². The van der Waals surface area contributed by atoms with E-state index in [1.165, 1.54) is 32.2 Å². The summed E-state index contributed by atoms with van der Waals surface area (Å²) < 4.78 is 37.0. The van der Waals surface area contributed by atoms with Crippen LogP contribution in [0.1, 0.15) is 18.9 Å². The number of carbonyl (C=O) groups is 2. The first-order valence-electron chi connectivity index (χ1n) is 10.9. The number of anilines is 1. The van der Waals surface area contributed by atoms with Gasteiger partial charge in [0.05, 0.1) is 26.2 Å². The van der Waals surface area contributed by atoms with Gasteiger partial charge in [-0.2, -0.15) is 0 Å². The number of nitrogens with one attached hydrogen (secondary N) is 1. The van der Waals surface area contributed by atoms with Crippen molar-refractivity contribution in [3.05, 3.63) is 54.1 Å². The van der Waals surface area contributed by atoms with Crippen molar-refractivity contribution in [2.45, 2.75) is 25.8 Å². The Kier molecular flexibility index (Phi) is 9.73. The van der Waals surface area contributed by atoms with Crippen molar-refractivity contribution in [3.63, 3.8) is 0 Å². The van der Waals surface area contributed by atoms with Gasteiger partial charge in [0.1, 0.15) is 24.1 Å². The molecular formula is C24H33N3O6S. The summed E-state index contributed by atoms with van der Waals surface area (Å²) >= 11 is 0.